The van der Waals surface area contributed by atoms with Crippen molar-refractivity contribution in [2.24, 2.45) is 0 Å². The fourth-order valence-corrected chi connectivity index (χ4v) is 4.63. The van der Waals surface area contributed by atoms with E-state index in [1.165, 1.54) is 0 Å². The summed E-state index contributed by atoms with van der Waals surface area (Å²) in [5, 5.41) is 0. The molecule has 134 valence electrons. The highest BCUT2D eigenvalue weighted by Crippen LogP contribution is 2.15. The van der Waals surface area contributed by atoms with Gasteiger partial charge in [-0.15, -0.1) is 0 Å². The Bertz CT molecular complexity index is 470. The molecule has 0 unspecified atom stereocenters. The van der Waals surface area contributed by atoms with Crippen LogP contribution in [-0.4, -0.2) is 60.3 Å². The van der Waals surface area contributed by atoms with Gasteiger partial charge in [0.1, 0.15) is 0 Å². The van der Waals surface area contributed by atoms with E-state index in [2.05, 4.69) is 0 Å². The fourth-order valence-electron chi connectivity index (χ4n) is 2.02. The molecule has 1 aromatic carbocycles. The summed E-state index contributed by atoms with van der Waals surface area (Å²) in [6.45, 7) is 0. The van der Waals surface area contributed by atoms with Gasteiger partial charge in [0.2, 0.25) is 0 Å². The number of rotatable bonds is 10. The van der Waals surface area contributed by atoms with Crippen molar-refractivity contribution in [1.29, 1.82) is 0 Å². The molecule has 0 radical (unpaired) electrons. The van der Waals surface area contributed by atoms with Crippen LogP contribution in [0, 0.1) is 0 Å². The van der Waals surface area contributed by atoms with Gasteiger partial charge in [-0.3, -0.25) is 0 Å². The maximum absolute atomic E-state index is 5.35. The van der Waals surface area contributed by atoms with Crippen LogP contribution < -0.4 is 0 Å². The summed E-state index contributed by atoms with van der Waals surface area (Å²) in [7, 11) is 4.06. The van der Waals surface area contributed by atoms with Crippen molar-refractivity contribution in [3.8, 4) is 0 Å². The lowest BCUT2D eigenvalue weighted by molar-refractivity contribution is 0.138. The molecule has 0 bridgehead atoms. The van der Waals surface area contributed by atoms with Crippen molar-refractivity contribution in [3.05, 3.63) is 46.8 Å². The fraction of sp³-hybridized carbons (Fsp3) is 0.375. The second-order valence-electron chi connectivity index (χ2n) is 4.77. The maximum Gasteiger partial charge on any atom is 0.528 e. The molecule has 0 atom stereocenters. The molecule has 0 aliphatic rings. The average molecular weight is 371 g/mol. The highest BCUT2D eigenvalue weighted by atomic mass is 28.4. The minimum Gasteiger partial charge on any atom is -0.374 e. The van der Waals surface area contributed by atoms with Gasteiger partial charge < -0.3 is 26.6 Å². The normalized spacial score (nSPS) is 13.2. The van der Waals surface area contributed by atoms with E-state index >= 15 is 0 Å². The topological polar surface area (TPSA) is 55.4 Å². The van der Waals surface area contributed by atoms with Crippen LogP contribution in [0.25, 0.3) is 12.2 Å². The lowest BCUT2D eigenvalue weighted by atomic mass is 10.1. The Morgan fingerprint density at radius 1 is 0.542 bits per heavy atom. The van der Waals surface area contributed by atoms with E-state index in [1.54, 1.807) is 42.7 Å². The molecule has 1 rings (SSSR count). The van der Waals surface area contributed by atoms with Gasteiger partial charge >= 0.3 is 17.6 Å². The van der Waals surface area contributed by atoms with Gasteiger partial charge in [0.25, 0.3) is 0 Å². The minimum absolute atomic E-state index is 1.02. The summed E-state index contributed by atoms with van der Waals surface area (Å²) in [5.41, 5.74) is 5.72. The van der Waals surface area contributed by atoms with Gasteiger partial charge in [-0.05, 0) is 22.5 Å². The second-order valence-corrected chi connectivity index (χ2v) is 10.3. The van der Waals surface area contributed by atoms with Gasteiger partial charge in [0, 0.05) is 42.7 Å². The first-order chi connectivity index (χ1) is 11.5. The summed E-state index contributed by atoms with van der Waals surface area (Å²) >= 11 is 0. The Morgan fingerprint density at radius 3 is 1.00 bits per heavy atom. The van der Waals surface area contributed by atoms with E-state index in [0.29, 0.717) is 0 Å². The first-order valence-electron chi connectivity index (χ1n) is 7.32. The van der Waals surface area contributed by atoms with Gasteiger partial charge in [-0.1, -0.05) is 36.4 Å². The molecule has 24 heavy (non-hydrogen) atoms. The zero-order valence-electron chi connectivity index (χ0n) is 15.1. The Balaban J connectivity index is 2.86. The van der Waals surface area contributed by atoms with Crippen LogP contribution in [0.5, 0.6) is 0 Å². The summed E-state index contributed by atoms with van der Waals surface area (Å²) in [4.78, 5) is 0. The SMILES string of the molecule is CO[Si](/C=C/c1ccc(/C=C/[Si](OC)(OC)OC)cc1)(OC)OC. The predicted molar refractivity (Wildman–Crippen MR) is 98.1 cm³/mol. The zero-order valence-corrected chi connectivity index (χ0v) is 17.1. The highest BCUT2D eigenvalue weighted by Gasteiger charge is 2.35. The Hall–Kier alpha value is -1.11. The van der Waals surface area contributed by atoms with E-state index in [9.17, 15) is 0 Å². The van der Waals surface area contributed by atoms with Crippen LogP contribution in [-0.2, 0) is 26.6 Å². The molecule has 0 aromatic heterocycles. The van der Waals surface area contributed by atoms with Gasteiger partial charge in [-0.2, -0.15) is 0 Å². The minimum atomic E-state index is -2.71. The maximum atomic E-state index is 5.35. The van der Waals surface area contributed by atoms with Crippen molar-refractivity contribution in [2.45, 2.75) is 0 Å². The van der Waals surface area contributed by atoms with Crippen molar-refractivity contribution in [1.82, 2.24) is 0 Å². The summed E-state index contributed by atoms with van der Waals surface area (Å²) in [6.07, 6.45) is 3.85. The summed E-state index contributed by atoms with van der Waals surface area (Å²) in [5.74, 6) is 0. The third-order valence-electron chi connectivity index (χ3n) is 3.60. The first kappa shape index (κ1) is 20.9. The molecule has 0 heterocycles. The Morgan fingerprint density at radius 2 is 0.792 bits per heavy atom. The van der Waals surface area contributed by atoms with Crippen LogP contribution in [0.4, 0.5) is 0 Å². The largest absolute Gasteiger partial charge is 0.528 e. The van der Waals surface area contributed by atoms with E-state index in [-0.39, 0.29) is 0 Å². The lowest BCUT2D eigenvalue weighted by Crippen LogP contribution is -2.40. The Kier molecular flexibility index (Phi) is 8.74. The molecular weight excluding hydrogens is 344 g/mol. The average Bonchev–Trinajstić information content (AvgIpc) is 2.66. The molecular formula is C16H26O6Si2. The monoisotopic (exact) mass is 370 g/mol. The van der Waals surface area contributed by atoms with Gasteiger partial charge in [-0.25, -0.2) is 0 Å². The standard InChI is InChI=1S/C16H26O6Si2/c1-17-23(18-2,19-3)13-11-15-7-9-16(10-8-15)12-14-24(20-4,21-5)22-6/h7-14H,1-6H3/b13-11+,14-12+. The van der Waals surface area contributed by atoms with E-state index in [0.717, 1.165) is 11.1 Å². The number of hydrogen-bond acceptors (Lipinski definition) is 6. The highest BCUT2D eigenvalue weighted by molar-refractivity contribution is 6.67. The smallest absolute Gasteiger partial charge is 0.374 e. The summed E-state index contributed by atoms with van der Waals surface area (Å²) in [6, 6.07) is 7.97. The molecule has 0 saturated carbocycles. The molecule has 8 heteroatoms. The molecule has 0 aliphatic heterocycles. The molecule has 6 nitrogen and oxygen atoms in total. The van der Waals surface area contributed by atoms with Gasteiger partial charge in [0.05, 0.1) is 0 Å². The molecule has 0 fully saturated rings. The zero-order chi connectivity index (χ0) is 18.1. The van der Waals surface area contributed by atoms with E-state index < -0.39 is 17.6 Å². The van der Waals surface area contributed by atoms with Crippen LogP contribution in [0.1, 0.15) is 11.1 Å². The van der Waals surface area contributed by atoms with Crippen LogP contribution in [0.3, 0.4) is 0 Å². The predicted octanol–water partition coefficient (Wildman–Crippen LogP) is 2.55. The lowest BCUT2D eigenvalue weighted by Gasteiger charge is -2.20. The number of hydrogen-bond donors (Lipinski definition) is 0. The molecule has 0 amide bonds. The van der Waals surface area contributed by atoms with Crippen molar-refractivity contribution < 1.29 is 26.6 Å². The molecule has 0 spiro atoms. The molecule has 0 N–H and O–H groups in total. The molecule has 0 aliphatic carbocycles. The Labute approximate surface area is 146 Å². The van der Waals surface area contributed by atoms with Crippen molar-refractivity contribution in [3.63, 3.8) is 0 Å². The quantitative estimate of drug-likeness (QED) is 0.590. The summed E-state index contributed by atoms with van der Waals surface area (Å²) < 4.78 is 32.1. The number of benzene rings is 1. The van der Waals surface area contributed by atoms with Gasteiger partial charge in [0.15, 0.2) is 0 Å². The van der Waals surface area contributed by atoms with Crippen molar-refractivity contribution in [2.75, 3.05) is 42.7 Å². The second kappa shape index (κ2) is 10.0. The van der Waals surface area contributed by atoms with Crippen LogP contribution in [0.2, 0.25) is 0 Å². The van der Waals surface area contributed by atoms with E-state index in [4.69, 9.17) is 26.6 Å². The third kappa shape index (κ3) is 5.47. The van der Waals surface area contributed by atoms with Crippen molar-refractivity contribution >= 4 is 29.8 Å². The van der Waals surface area contributed by atoms with Crippen LogP contribution >= 0.6 is 0 Å². The van der Waals surface area contributed by atoms with E-state index in [1.807, 2.05) is 47.8 Å². The van der Waals surface area contributed by atoms with Crippen LogP contribution in [0.15, 0.2) is 35.7 Å². The third-order valence-corrected chi connectivity index (χ3v) is 8.17. The molecule has 0 saturated heterocycles. The first-order valence-corrected chi connectivity index (χ1v) is 10.9. The molecule has 1 aromatic rings.